The first-order valence-electron chi connectivity index (χ1n) is 7.60. The second-order valence-corrected chi connectivity index (χ2v) is 5.74. The molecule has 2 atom stereocenters. The number of carbonyl (C=O) groups is 1. The lowest BCUT2D eigenvalue weighted by Crippen LogP contribution is -2.42. The first-order valence-corrected chi connectivity index (χ1v) is 7.60. The molecule has 0 aliphatic carbocycles. The van der Waals surface area contributed by atoms with Gasteiger partial charge in [0.1, 0.15) is 11.1 Å². The molecule has 0 unspecified atom stereocenters. The minimum Gasteiger partial charge on any atom is -0.422 e. The standard InChI is InChI=1S/C16H16N2O6/c1-9(13-3-2-6-23-13)17-15(19)12-8-10-7-11(18(21)22)4-5-14(10)24-16(12)20/h4-5,7-9,13H,2-3,6H2,1H3,(H,17,19)/t9-,13-/m0/s1. The summed E-state index contributed by atoms with van der Waals surface area (Å²) >= 11 is 0. The molecular formula is C16H16N2O6. The van der Waals surface area contributed by atoms with Crippen LogP contribution < -0.4 is 10.9 Å². The number of nitrogens with zero attached hydrogens (tertiary/aromatic N) is 1. The van der Waals surface area contributed by atoms with Crippen LogP contribution >= 0.6 is 0 Å². The van der Waals surface area contributed by atoms with Gasteiger partial charge in [0, 0.05) is 24.1 Å². The van der Waals surface area contributed by atoms with Crippen molar-refractivity contribution >= 4 is 22.6 Å². The van der Waals surface area contributed by atoms with Gasteiger partial charge >= 0.3 is 5.63 Å². The van der Waals surface area contributed by atoms with Crippen LogP contribution in [0.4, 0.5) is 5.69 Å². The molecule has 8 nitrogen and oxygen atoms in total. The Morgan fingerprint density at radius 3 is 2.88 bits per heavy atom. The van der Waals surface area contributed by atoms with E-state index in [-0.39, 0.29) is 29.0 Å². The Hall–Kier alpha value is -2.74. The normalized spacial score (nSPS) is 18.5. The summed E-state index contributed by atoms with van der Waals surface area (Å²) in [5, 5.41) is 13.9. The third kappa shape index (κ3) is 3.13. The molecule has 126 valence electrons. The van der Waals surface area contributed by atoms with E-state index in [0.29, 0.717) is 12.0 Å². The Balaban J connectivity index is 1.89. The first-order chi connectivity index (χ1) is 11.5. The predicted molar refractivity (Wildman–Crippen MR) is 85.0 cm³/mol. The Labute approximate surface area is 136 Å². The van der Waals surface area contributed by atoms with E-state index < -0.39 is 16.5 Å². The molecule has 3 rings (SSSR count). The van der Waals surface area contributed by atoms with Crippen molar-refractivity contribution in [1.29, 1.82) is 0 Å². The quantitative estimate of drug-likeness (QED) is 0.520. The minimum absolute atomic E-state index is 0.0810. The maximum absolute atomic E-state index is 12.3. The molecule has 1 amide bonds. The number of hydrogen-bond acceptors (Lipinski definition) is 6. The summed E-state index contributed by atoms with van der Waals surface area (Å²) in [6.07, 6.45) is 1.70. The fourth-order valence-electron chi connectivity index (χ4n) is 2.76. The van der Waals surface area contributed by atoms with E-state index in [1.807, 2.05) is 0 Å². The molecule has 24 heavy (non-hydrogen) atoms. The average molecular weight is 332 g/mol. The van der Waals surface area contributed by atoms with E-state index in [4.69, 9.17) is 9.15 Å². The fourth-order valence-corrected chi connectivity index (χ4v) is 2.76. The predicted octanol–water partition coefficient (Wildman–Crippen LogP) is 2.00. The van der Waals surface area contributed by atoms with Gasteiger partial charge in [-0.2, -0.15) is 0 Å². The lowest BCUT2D eigenvalue weighted by Gasteiger charge is -2.19. The highest BCUT2D eigenvalue weighted by Gasteiger charge is 2.25. The minimum atomic E-state index is -0.784. The number of hydrogen-bond donors (Lipinski definition) is 1. The number of rotatable bonds is 4. The van der Waals surface area contributed by atoms with Gasteiger partial charge in [-0.25, -0.2) is 4.79 Å². The number of nitrogens with one attached hydrogen (secondary N) is 1. The number of nitro groups is 1. The van der Waals surface area contributed by atoms with Crippen molar-refractivity contribution in [2.45, 2.75) is 31.9 Å². The van der Waals surface area contributed by atoms with E-state index >= 15 is 0 Å². The van der Waals surface area contributed by atoms with E-state index in [9.17, 15) is 19.7 Å². The zero-order chi connectivity index (χ0) is 17.3. The Morgan fingerprint density at radius 2 is 2.21 bits per heavy atom. The first kappa shape index (κ1) is 16.1. The van der Waals surface area contributed by atoms with Crippen LogP contribution in [0.25, 0.3) is 11.0 Å². The number of non-ortho nitro benzene ring substituents is 1. The monoisotopic (exact) mass is 332 g/mol. The lowest BCUT2D eigenvalue weighted by atomic mass is 10.1. The third-order valence-corrected chi connectivity index (χ3v) is 4.05. The van der Waals surface area contributed by atoms with Gasteiger partial charge in [-0.1, -0.05) is 0 Å². The van der Waals surface area contributed by atoms with Crippen LogP contribution in [-0.2, 0) is 4.74 Å². The van der Waals surface area contributed by atoms with Crippen LogP contribution in [0.3, 0.4) is 0 Å². The highest BCUT2D eigenvalue weighted by molar-refractivity contribution is 5.97. The van der Waals surface area contributed by atoms with Crippen molar-refractivity contribution in [3.63, 3.8) is 0 Å². The van der Waals surface area contributed by atoms with Gasteiger partial charge in [0.2, 0.25) is 0 Å². The number of benzene rings is 1. The van der Waals surface area contributed by atoms with Gasteiger partial charge in [-0.15, -0.1) is 0 Å². The van der Waals surface area contributed by atoms with Crippen molar-refractivity contribution in [3.8, 4) is 0 Å². The van der Waals surface area contributed by atoms with E-state index in [0.717, 1.165) is 12.8 Å². The van der Waals surface area contributed by atoms with Crippen molar-refractivity contribution in [3.05, 3.63) is 50.4 Å². The lowest BCUT2D eigenvalue weighted by molar-refractivity contribution is -0.384. The molecule has 1 aromatic heterocycles. The molecule has 0 bridgehead atoms. The van der Waals surface area contributed by atoms with Crippen molar-refractivity contribution in [2.75, 3.05) is 6.61 Å². The van der Waals surface area contributed by atoms with Gasteiger partial charge in [-0.05, 0) is 31.9 Å². The number of fused-ring (bicyclic) bond motifs is 1. The molecule has 1 N–H and O–H groups in total. The zero-order valence-corrected chi connectivity index (χ0v) is 13.0. The largest absolute Gasteiger partial charge is 0.422 e. The van der Waals surface area contributed by atoms with E-state index in [2.05, 4.69) is 5.32 Å². The Kier molecular flexibility index (Phi) is 4.30. The number of ether oxygens (including phenoxy) is 1. The average Bonchev–Trinajstić information content (AvgIpc) is 3.08. The fraction of sp³-hybridized carbons (Fsp3) is 0.375. The second-order valence-electron chi connectivity index (χ2n) is 5.74. The SMILES string of the molecule is C[C@H](NC(=O)c1cc2cc([N+](=O)[O-])ccc2oc1=O)[C@@H]1CCCO1. The third-order valence-electron chi connectivity index (χ3n) is 4.05. The number of amides is 1. The van der Waals surface area contributed by atoms with Gasteiger partial charge in [-0.3, -0.25) is 14.9 Å². The summed E-state index contributed by atoms with van der Waals surface area (Å²) < 4.78 is 10.6. The molecule has 1 aliphatic heterocycles. The van der Waals surface area contributed by atoms with Crippen LogP contribution in [-0.4, -0.2) is 29.6 Å². The summed E-state index contributed by atoms with van der Waals surface area (Å²) in [4.78, 5) is 34.6. The highest BCUT2D eigenvalue weighted by atomic mass is 16.6. The zero-order valence-electron chi connectivity index (χ0n) is 13.0. The van der Waals surface area contributed by atoms with Crippen LogP contribution in [0, 0.1) is 10.1 Å². The summed E-state index contributed by atoms with van der Waals surface area (Å²) in [5.41, 5.74) is -0.925. The summed E-state index contributed by atoms with van der Waals surface area (Å²) in [7, 11) is 0. The molecule has 0 radical (unpaired) electrons. The molecule has 1 aromatic carbocycles. The van der Waals surface area contributed by atoms with Crippen molar-refractivity contribution in [1.82, 2.24) is 5.32 Å². The van der Waals surface area contributed by atoms with E-state index in [1.165, 1.54) is 24.3 Å². The molecule has 2 aromatic rings. The van der Waals surface area contributed by atoms with Gasteiger partial charge in [0.15, 0.2) is 0 Å². The summed E-state index contributed by atoms with van der Waals surface area (Å²) in [5.74, 6) is -0.583. The Bertz CT molecular complexity index is 853. The molecule has 1 aliphatic rings. The molecule has 1 fully saturated rings. The maximum atomic E-state index is 12.3. The molecule has 1 saturated heterocycles. The van der Waals surface area contributed by atoms with Crippen LogP contribution in [0.5, 0.6) is 0 Å². The van der Waals surface area contributed by atoms with Crippen LogP contribution in [0.1, 0.15) is 30.1 Å². The second kappa shape index (κ2) is 6.40. The van der Waals surface area contributed by atoms with Gasteiger partial charge in [0.25, 0.3) is 11.6 Å². The van der Waals surface area contributed by atoms with E-state index in [1.54, 1.807) is 6.92 Å². The molecule has 0 spiro atoms. The van der Waals surface area contributed by atoms with Crippen molar-refractivity contribution in [2.24, 2.45) is 0 Å². The number of nitro benzene ring substituents is 1. The number of carbonyl (C=O) groups excluding carboxylic acids is 1. The smallest absolute Gasteiger partial charge is 0.349 e. The Morgan fingerprint density at radius 1 is 1.42 bits per heavy atom. The molecule has 2 heterocycles. The van der Waals surface area contributed by atoms with Crippen molar-refractivity contribution < 1.29 is 18.9 Å². The molecular weight excluding hydrogens is 316 g/mol. The topological polar surface area (TPSA) is 112 Å². The highest BCUT2D eigenvalue weighted by Crippen LogP contribution is 2.21. The van der Waals surface area contributed by atoms with Gasteiger partial charge in [0.05, 0.1) is 17.1 Å². The maximum Gasteiger partial charge on any atom is 0.349 e. The van der Waals surface area contributed by atoms with Crippen LogP contribution in [0.15, 0.2) is 33.5 Å². The summed E-state index contributed by atoms with van der Waals surface area (Å²) in [6, 6.07) is 4.90. The molecule has 0 saturated carbocycles. The van der Waals surface area contributed by atoms with Crippen LogP contribution in [0.2, 0.25) is 0 Å². The molecule has 8 heteroatoms. The van der Waals surface area contributed by atoms with Gasteiger partial charge < -0.3 is 14.5 Å². The summed E-state index contributed by atoms with van der Waals surface area (Å²) in [6.45, 7) is 2.47.